The first-order chi connectivity index (χ1) is 18.3. The van der Waals surface area contributed by atoms with Gasteiger partial charge < -0.3 is 30.2 Å². The van der Waals surface area contributed by atoms with Crippen molar-refractivity contribution in [3.05, 3.63) is 54.5 Å². The van der Waals surface area contributed by atoms with Crippen molar-refractivity contribution in [1.29, 1.82) is 5.41 Å². The van der Waals surface area contributed by atoms with E-state index in [9.17, 15) is 23.1 Å². The number of benzene rings is 1. The van der Waals surface area contributed by atoms with E-state index in [1.54, 1.807) is 50.1 Å². The van der Waals surface area contributed by atoms with Gasteiger partial charge >= 0.3 is 12.5 Å². The molecular weight excluding hydrogens is 517 g/mol. The third-order valence-corrected chi connectivity index (χ3v) is 5.79. The van der Waals surface area contributed by atoms with Crippen molar-refractivity contribution in [3.63, 3.8) is 0 Å². The fourth-order valence-electron chi connectivity index (χ4n) is 4.01. The van der Waals surface area contributed by atoms with Gasteiger partial charge in [-0.3, -0.25) is 4.68 Å². The lowest BCUT2D eigenvalue weighted by molar-refractivity contribution is -0.274. The molecule has 10 nitrogen and oxygen atoms in total. The minimum absolute atomic E-state index is 0.0937. The summed E-state index contributed by atoms with van der Waals surface area (Å²) in [6.07, 6.45) is -0.357. The van der Waals surface area contributed by atoms with Gasteiger partial charge in [0.05, 0.1) is 19.3 Å². The maximum atomic E-state index is 12.5. The van der Waals surface area contributed by atoms with Crippen LogP contribution in [0.4, 0.5) is 29.5 Å². The summed E-state index contributed by atoms with van der Waals surface area (Å²) in [4.78, 5) is 18.4. The number of halogens is 3. The smallest absolute Gasteiger partial charge is 0.444 e. The Bertz CT molecular complexity index is 1330. The topological polar surface area (TPSA) is 126 Å². The molecule has 3 heterocycles. The van der Waals surface area contributed by atoms with Crippen LogP contribution in [0.2, 0.25) is 0 Å². The highest BCUT2D eigenvalue weighted by molar-refractivity contribution is 6.10. The molecule has 3 N–H and O–H groups in total. The minimum atomic E-state index is -4.80. The quantitative estimate of drug-likeness (QED) is 0.346. The van der Waals surface area contributed by atoms with Crippen LogP contribution in [-0.2, 0) is 11.3 Å². The Kier molecular flexibility index (Phi) is 7.82. The minimum Gasteiger partial charge on any atom is -0.444 e. The molecule has 39 heavy (non-hydrogen) atoms. The Morgan fingerprint density at radius 2 is 1.87 bits per heavy atom. The van der Waals surface area contributed by atoms with Crippen LogP contribution >= 0.6 is 0 Å². The van der Waals surface area contributed by atoms with Gasteiger partial charge in [0.15, 0.2) is 0 Å². The highest BCUT2D eigenvalue weighted by atomic mass is 19.4. The highest BCUT2D eigenvalue weighted by Gasteiger charge is 2.38. The van der Waals surface area contributed by atoms with Gasteiger partial charge in [-0.25, -0.2) is 9.78 Å². The number of anilines is 2. The first-order valence-electron chi connectivity index (χ1n) is 12.2. The summed E-state index contributed by atoms with van der Waals surface area (Å²) in [5.41, 5.74) is 1.82. The number of carbonyl (C=O) groups excluding carboxylic acids is 1. The van der Waals surface area contributed by atoms with Crippen molar-refractivity contribution in [1.82, 2.24) is 19.7 Å². The maximum absolute atomic E-state index is 12.5. The van der Waals surface area contributed by atoms with E-state index in [1.165, 1.54) is 29.2 Å². The second kappa shape index (κ2) is 10.9. The molecule has 0 unspecified atom stereocenters. The van der Waals surface area contributed by atoms with E-state index in [2.05, 4.69) is 20.1 Å². The van der Waals surface area contributed by atoms with E-state index in [-0.39, 0.29) is 37.1 Å². The van der Waals surface area contributed by atoms with E-state index in [1.807, 2.05) is 0 Å². The van der Waals surface area contributed by atoms with E-state index in [0.717, 1.165) is 0 Å². The zero-order chi connectivity index (χ0) is 28.4. The summed E-state index contributed by atoms with van der Waals surface area (Å²) in [7, 11) is 0. The van der Waals surface area contributed by atoms with Gasteiger partial charge in [0, 0.05) is 53.9 Å². The fraction of sp³-hybridized carbons (Fsp3) is 0.385. The van der Waals surface area contributed by atoms with Crippen molar-refractivity contribution in [2.24, 2.45) is 5.92 Å². The first-order valence-corrected chi connectivity index (χ1v) is 12.2. The molecule has 1 fully saturated rings. The number of hydrogen-bond donors (Lipinski definition) is 3. The Hall–Kier alpha value is -4.13. The summed E-state index contributed by atoms with van der Waals surface area (Å²) in [6.45, 7) is 6.12. The molecule has 0 bridgehead atoms. The molecule has 208 valence electrons. The van der Waals surface area contributed by atoms with Crippen LogP contribution in [0.15, 0.2) is 48.9 Å². The van der Waals surface area contributed by atoms with Crippen LogP contribution in [-0.4, -0.2) is 68.2 Å². The molecule has 1 aromatic carbocycles. The molecule has 13 heteroatoms. The Balaban J connectivity index is 1.62. The van der Waals surface area contributed by atoms with Gasteiger partial charge in [-0.05, 0) is 56.7 Å². The number of aliphatic hydroxyl groups is 1. The van der Waals surface area contributed by atoms with Crippen molar-refractivity contribution >= 4 is 23.3 Å². The largest absolute Gasteiger partial charge is 0.573 e. The van der Waals surface area contributed by atoms with Gasteiger partial charge in [-0.15, -0.1) is 13.2 Å². The molecule has 1 amide bonds. The average molecular weight is 547 g/mol. The normalized spacial score (nSPS) is 14.1. The molecule has 0 aliphatic carbocycles. The number of nitrogens with one attached hydrogen (secondary N) is 2. The number of ether oxygens (including phenoxy) is 2. The van der Waals surface area contributed by atoms with Crippen LogP contribution in [0.25, 0.3) is 11.1 Å². The number of nitrogens with zero attached hydrogens (tertiary/aromatic N) is 4. The molecule has 0 radical (unpaired) electrons. The van der Waals surface area contributed by atoms with Gasteiger partial charge in [0.25, 0.3) is 0 Å². The van der Waals surface area contributed by atoms with Gasteiger partial charge in [0.2, 0.25) is 0 Å². The summed E-state index contributed by atoms with van der Waals surface area (Å²) in [5.74, 6) is -0.348. The molecule has 1 aliphatic rings. The third kappa shape index (κ3) is 7.05. The zero-order valence-corrected chi connectivity index (χ0v) is 21.6. The lowest BCUT2D eigenvalue weighted by Crippen LogP contribution is -2.54. The van der Waals surface area contributed by atoms with Crippen LogP contribution in [0.5, 0.6) is 5.75 Å². The number of hydrogen-bond acceptors (Lipinski definition) is 8. The van der Waals surface area contributed by atoms with Crippen LogP contribution < -0.4 is 10.1 Å². The van der Waals surface area contributed by atoms with Gasteiger partial charge in [-0.1, -0.05) is 0 Å². The number of alkyl halides is 3. The van der Waals surface area contributed by atoms with Crippen LogP contribution in [0, 0.1) is 11.3 Å². The van der Waals surface area contributed by atoms with Crippen LogP contribution in [0.1, 0.15) is 26.3 Å². The predicted molar refractivity (Wildman–Crippen MR) is 137 cm³/mol. The molecule has 4 rings (SSSR count). The molecule has 1 saturated heterocycles. The SMILES string of the molecule is CC(C)(C)OC(=O)N1CC(C(=N)c2c(-c3cnn(CCO)c3)ccnc2Nc2ccc(OC(F)(F)F)cc2)C1. The van der Waals surface area contributed by atoms with E-state index in [0.29, 0.717) is 34.7 Å². The van der Waals surface area contributed by atoms with Crippen molar-refractivity contribution in [2.45, 2.75) is 39.3 Å². The predicted octanol–water partition coefficient (Wildman–Crippen LogP) is 4.81. The number of likely N-dealkylation sites (tertiary alicyclic amines) is 1. The molecule has 0 atom stereocenters. The molecule has 2 aromatic heterocycles. The number of pyridine rings is 1. The van der Waals surface area contributed by atoms with Gasteiger partial charge in [-0.2, -0.15) is 5.10 Å². The number of aliphatic hydroxyl groups excluding tert-OH is 1. The van der Waals surface area contributed by atoms with Crippen molar-refractivity contribution in [2.75, 3.05) is 25.0 Å². The van der Waals surface area contributed by atoms with Crippen molar-refractivity contribution < 1.29 is 32.5 Å². The second-order valence-electron chi connectivity index (χ2n) is 9.99. The maximum Gasteiger partial charge on any atom is 0.573 e. The third-order valence-electron chi connectivity index (χ3n) is 5.79. The lowest BCUT2D eigenvalue weighted by Gasteiger charge is -2.40. The number of rotatable bonds is 8. The number of aromatic nitrogens is 3. The Morgan fingerprint density at radius 1 is 1.18 bits per heavy atom. The standard InChI is InChI=1S/C26H29F3N6O4/c1-25(2,3)39-24(37)34-13-17(14-34)22(30)21-20(16-12-32-35(15-16)10-11-36)8-9-31-23(21)33-18-4-6-19(7-5-18)38-26(27,28)29/h4-9,12,15,17,30,36H,10-11,13-14H2,1-3H3,(H,31,33). The summed E-state index contributed by atoms with van der Waals surface area (Å²) < 4.78 is 48.5. The lowest BCUT2D eigenvalue weighted by atomic mass is 9.87. The molecule has 0 saturated carbocycles. The zero-order valence-electron chi connectivity index (χ0n) is 21.6. The Labute approximate surface area is 222 Å². The van der Waals surface area contributed by atoms with E-state index in [4.69, 9.17) is 10.1 Å². The van der Waals surface area contributed by atoms with E-state index < -0.39 is 18.1 Å². The number of amides is 1. The highest BCUT2D eigenvalue weighted by Crippen LogP contribution is 2.34. The van der Waals surface area contributed by atoms with Crippen LogP contribution in [0.3, 0.4) is 0 Å². The summed E-state index contributed by atoms with van der Waals surface area (Å²) in [5, 5.41) is 25.6. The van der Waals surface area contributed by atoms with Gasteiger partial charge in [0.1, 0.15) is 17.2 Å². The first kappa shape index (κ1) is 27.9. The Morgan fingerprint density at radius 3 is 2.49 bits per heavy atom. The number of carbonyl (C=O) groups is 1. The summed E-state index contributed by atoms with van der Waals surface area (Å²) in [6, 6.07) is 6.91. The molecule has 3 aromatic rings. The summed E-state index contributed by atoms with van der Waals surface area (Å²) >= 11 is 0. The van der Waals surface area contributed by atoms with E-state index >= 15 is 0 Å². The molecule has 0 spiro atoms. The molecular formula is C26H29F3N6O4. The van der Waals surface area contributed by atoms with Crippen molar-refractivity contribution in [3.8, 4) is 16.9 Å². The average Bonchev–Trinajstić information content (AvgIpc) is 3.26. The second-order valence-corrected chi connectivity index (χ2v) is 9.99. The molecule has 1 aliphatic heterocycles. The monoisotopic (exact) mass is 546 g/mol. The fourth-order valence-corrected chi connectivity index (χ4v) is 4.01.